The number of carbonyl (C=O) groups excluding carboxylic acids is 2. The molecule has 6 heteroatoms. The molecule has 1 saturated heterocycles. The number of hydrogen-bond donors (Lipinski definition) is 0. The molecule has 2 aromatic rings. The highest BCUT2D eigenvalue weighted by molar-refractivity contribution is 8.03. The Hall–Kier alpha value is -2.24. The van der Waals surface area contributed by atoms with Crippen LogP contribution in [0.2, 0.25) is 5.02 Å². The third kappa shape index (κ3) is 3.47. The minimum atomic E-state index is -0.327. The number of aryl methyl sites for hydroxylation is 2. The van der Waals surface area contributed by atoms with E-state index in [1.165, 1.54) is 4.90 Å². The first-order valence-corrected chi connectivity index (χ1v) is 10.8. The third-order valence-corrected chi connectivity index (χ3v) is 7.55. The zero-order valence-electron chi connectivity index (χ0n) is 16.9. The first kappa shape index (κ1) is 20.0. The van der Waals surface area contributed by atoms with Crippen LogP contribution in [0, 0.1) is 19.8 Å². The van der Waals surface area contributed by atoms with Crippen molar-refractivity contribution in [1.29, 1.82) is 0 Å². The van der Waals surface area contributed by atoms with Crippen molar-refractivity contribution in [3.8, 4) is 0 Å². The molecule has 0 N–H and O–H groups in total. The first-order valence-electron chi connectivity index (χ1n) is 9.58. The standard InChI is InChI=1S/C23H23ClN2O2S/c1-13-5-10-19(11-14(13)2)26-21(27)20-15(3)16(4)29-22(20)25(23(26)28)12-17-6-8-18(24)9-7-17/h5-11,20,22H,12H2,1-4H3. The maximum absolute atomic E-state index is 13.5. The summed E-state index contributed by atoms with van der Waals surface area (Å²) in [5, 5.41) is 0.445. The number of carbonyl (C=O) groups is 2. The van der Waals surface area contributed by atoms with Gasteiger partial charge in [0.2, 0.25) is 5.91 Å². The Morgan fingerprint density at radius 2 is 1.66 bits per heavy atom. The normalized spacial score (nSPS) is 21.8. The highest BCUT2D eigenvalue weighted by Crippen LogP contribution is 2.47. The second-order valence-electron chi connectivity index (χ2n) is 7.70. The van der Waals surface area contributed by atoms with E-state index in [9.17, 15) is 9.59 Å². The summed E-state index contributed by atoms with van der Waals surface area (Å²) in [7, 11) is 0. The summed E-state index contributed by atoms with van der Waals surface area (Å²) >= 11 is 7.63. The zero-order valence-corrected chi connectivity index (χ0v) is 18.5. The van der Waals surface area contributed by atoms with Crippen LogP contribution in [0.25, 0.3) is 0 Å². The number of fused-ring (bicyclic) bond motifs is 1. The molecule has 29 heavy (non-hydrogen) atoms. The van der Waals surface area contributed by atoms with Crippen molar-refractivity contribution in [2.24, 2.45) is 5.92 Å². The van der Waals surface area contributed by atoms with Gasteiger partial charge < -0.3 is 4.90 Å². The lowest BCUT2D eigenvalue weighted by atomic mass is 9.95. The molecule has 1 fully saturated rings. The fraction of sp³-hybridized carbons (Fsp3) is 0.304. The molecule has 4 nitrogen and oxygen atoms in total. The smallest absolute Gasteiger partial charge is 0.306 e. The number of imide groups is 1. The largest absolute Gasteiger partial charge is 0.332 e. The number of hydrogen-bond acceptors (Lipinski definition) is 3. The van der Waals surface area contributed by atoms with E-state index in [0.29, 0.717) is 17.3 Å². The van der Waals surface area contributed by atoms with Crippen molar-refractivity contribution in [3.05, 3.63) is 74.7 Å². The monoisotopic (exact) mass is 426 g/mol. The van der Waals surface area contributed by atoms with Gasteiger partial charge in [0, 0.05) is 11.6 Å². The van der Waals surface area contributed by atoms with Gasteiger partial charge in [0.15, 0.2) is 0 Å². The molecule has 150 valence electrons. The number of amides is 3. The van der Waals surface area contributed by atoms with Gasteiger partial charge in [0.05, 0.1) is 17.0 Å². The highest BCUT2D eigenvalue weighted by atomic mass is 35.5. The van der Waals surface area contributed by atoms with Crippen molar-refractivity contribution >= 4 is 41.0 Å². The van der Waals surface area contributed by atoms with Crippen LogP contribution in [0.3, 0.4) is 0 Å². The molecular formula is C23H23ClN2O2S. The van der Waals surface area contributed by atoms with Crippen LogP contribution in [0.15, 0.2) is 52.9 Å². The molecule has 0 aliphatic carbocycles. The van der Waals surface area contributed by atoms with Crippen LogP contribution < -0.4 is 4.90 Å². The number of nitrogens with zero attached hydrogens (tertiary/aromatic N) is 2. The van der Waals surface area contributed by atoms with E-state index in [1.54, 1.807) is 11.8 Å². The molecule has 2 unspecified atom stereocenters. The van der Waals surface area contributed by atoms with Crippen molar-refractivity contribution < 1.29 is 9.59 Å². The van der Waals surface area contributed by atoms with Gasteiger partial charge in [-0.3, -0.25) is 4.79 Å². The molecule has 0 radical (unpaired) electrons. The number of urea groups is 1. The van der Waals surface area contributed by atoms with Gasteiger partial charge in [-0.05, 0) is 79.1 Å². The second-order valence-corrected chi connectivity index (χ2v) is 9.47. The van der Waals surface area contributed by atoms with E-state index in [2.05, 4.69) is 0 Å². The molecule has 0 bridgehead atoms. The quantitative estimate of drug-likeness (QED) is 0.612. The zero-order chi connectivity index (χ0) is 20.9. The molecule has 4 rings (SSSR count). The minimum absolute atomic E-state index is 0.141. The lowest BCUT2D eigenvalue weighted by Crippen LogP contribution is -2.60. The summed E-state index contributed by atoms with van der Waals surface area (Å²) in [6, 6.07) is 13.0. The van der Waals surface area contributed by atoms with Crippen LogP contribution in [0.1, 0.15) is 30.5 Å². The van der Waals surface area contributed by atoms with Crippen LogP contribution in [-0.4, -0.2) is 22.2 Å². The van der Waals surface area contributed by atoms with E-state index in [1.807, 2.05) is 75.1 Å². The summed E-state index contributed by atoms with van der Waals surface area (Å²) in [6.07, 6.45) is 0. The summed E-state index contributed by atoms with van der Waals surface area (Å²) in [6.45, 7) is 8.47. The predicted octanol–water partition coefficient (Wildman–Crippen LogP) is 5.91. The lowest BCUT2D eigenvalue weighted by Gasteiger charge is -2.42. The SMILES string of the molecule is CC1=C(C)C2C(=O)N(c3ccc(C)c(C)c3)C(=O)N(Cc3ccc(Cl)cc3)C2S1. The van der Waals surface area contributed by atoms with E-state index in [-0.39, 0.29) is 23.2 Å². The summed E-state index contributed by atoms with van der Waals surface area (Å²) in [4.78, 5) is 31.2. The van der Waals surface area contributed by atoms with Crippen molar-refractivity contribution in [1.82, 2.24) is 4.90 Å². The molecule has 0 saturated carbocycles. The second kappa shape index (κ2) is 7.54. The number of allylic oxidation sites excluding steroid dienone is 1. The van der Waals surface area contributed by atoms with Gasteiger partial charge >= 0.3 is 6.03 Å². The number of anilines is 1. The third-order valence-electron chi connectivity index (χ3n) is 5.85. The maximum atomic E-state index is 13.5. The Balaban J connectivity index is 1.76. The molecule has 2 aliphatic rings. The molecule has 2 heterocycles. The summed E-state index contributed by atoms with van der Waals surface area (Å²) < 4.78 is 0. The van der Waals surface area contributed by atoms with Crippen molar-refractivity contribution in [2.45, 2.75) is 39.6 Å². The first-order chi connectivity index (χ1) is 13.8. The van der Waals surface area contributed by atoms with Gasteiger partial charge in [0.1, 0.15) is 0 Å². The van der Waals surface area contributed by atoms with Crippen LogP contribution in [0.4, 0.5) is 10.5 Å². The Labute approximate surface area is 180 Å². The fourth-order valence-corrected chi connectivity index (χ4v) is 5.39. The van der Waals surface area contributed by atoms with Crippen LogP contribution in [-0.2, 0) is 11.3 Å². The molecule has 2 aromatic carbocycles. The van der Waals surface area contributed by atoms with E-state index < -0.39 is 0 Å². The van der Waals surface area contributed by atoms with E-state index in [0.717, 1.165) is 27.2 Å². The van der Waals surface area contributed by atoms with Gasteiger partial charge in [0.25, 0.3) is 0 Å². The number of rotatable bonds is 3. The average Bonchev–Trinajstić information content (AvgIpc) is 2.98. The topological polar surface area (TPSA) is 40.6 Å². The Morgan fingerprint density at radius 3 is 2.31 bits per heavy atom. The van der Waals surface area contributed by atoms with Gasteiger partial charge in [-0.25, -0.2) is 9.69 Å². The Bertz CT molecular complexity index is 1030. The highest BCUT2D eigenvalue weighted by Gasteiger charge is 2.51. The van der Waals surface area contributed by atoms with Crippen LogP contribution in [0.5, 0.6) is 0 Å². The fourth-order valence-electron chi connectivity index (χ4n) is 3.84. The van der Waals surface area contributed by atoms with E-state index in [4.69, 9.17) is 11.6 Å². The van der Waals surface area contributed by atoms with Gasteiger partial charge in [-0.2, -0.15) is 0 Å². The van der Waals surface area contributed by atoms with Crippen molar-refractivity contribution in [2.75, 3.05) is 4.90 Å². The maximum Gasteiger partial charge on any atom is 0.332 e. The summed E-state index contributed by atoms with van der Waals surface area (Å²) in [5.74, 6) is -0.468. The lowest BCUT2D eigenvalue weighted by molar-refractivity contribution is -0.122. The molecular weight excluding hydrogens is 404 g/mol. The van der Waals surface area contributed by atoms with Gasteiger partial charge in [-0.15, -0.1) is 11.8 Å². The number of thioether (sulfide) groups is 1. The van der Waals surface area contributed by atoms with Gasteiger partial charge in [-0.1, -0.05) is 29.8 Å². The number of benzene rings is 2. The average molecular weight is 427 g/mol. The molecule has 2 atom stereocenters. The van der Waals surface area contributed by atoms with Crippen molar-refractivity contribution in [3.63, 3.8) is 0 Å². The number of halogens is 1. The van der Waals surface area contributed by atoms with Crippen LogP contribution >= 0.6 is 23.4 Å². The Morgan fingerprint density at radius 1 is 0.966 bits per heavy atom. The molecule has 0 aromatic heterocycles. The molecule has 3 amide bonds. The minimum Gasteiger partial charge on any atom is -0.306 e. The molecule has 2 aliphatic heterocycles. The summed E-state index contributed by atoms with van der Waals surface area (Å²) in [5.41, 5.74) is 4.85. The molecule has 0 spiro atoms. The Kier molecular flexibility index (Phi) is 5.21. The predicted molar refractivity (Wildman–Crippen MR) is 119 cm³/mol. The van der Waals surface area contributed by atoms with E-state index >= 15 is 0 Å².